The van der Waals surface area contributed by atoms with E-state index in [1.54, 1.807) is 6.92 Å². The molecule has 2 heterocycles. The third-order valence-corrected chi connectivity index (χ3v) is 2.95. The maximum absolute atomic E-state index is 11.7. The number of aromatic carboxylic acids is 1. The van der Waals surface area contributed by atoms with Crippen molar-refractivity contribution in [2.45, 2.75) is 13.3 Å². The summed E-state index contributed by atoms with van der Waals surface area (Å²) >= 11 is 0.981. The average Bonchev–Trinajstić information content (AvgIpc) is 2.98. The first-order valence-electron chi connectivity index (χ1n) is 5.32. The van der Waals surface area contributed by atoms with E-state index >= 15 is 0 Å². The zero-order valence-corrected chi connectivity index (χ0v) is 10.7. The van der Waals surface area contributed by atoms with Crippen LogP contribution in [0.3, 0.4) is 0 Å². The summed E-state index contributed by atoms with van der Waals surface area (Å²) in [4.78, 5) is 30.0. The summed E-state index contributed by atoms with van der Waals surface area (Å²) in [5.74, 6) is -0.610. The van der Waals surface area contributed by atoms with Crippen LogP contribution in [0.5, 0.6) is 0 Å². The number of aryl methyl sites for hydroxylation is 1. The van der Waals surface area contributed by atoms with E-state index in [4.69, 9.17) is 9.63 Å². The topological polar surface area (TPSA) is 118 Å². The number of nitrogens with one attached hydrogen (secondary N) is 1. The molecule has 2 N–H and O–H groups in total. The van der Waals surface area contributed by atoms with Crippen LogP contribution in [0.25, 0.3) is 0 Å². The number of nitrogens with zero attached hydrogens (tertiary/aromatic N) is 3. The molecule has 0 aromatic carbocycles. The van der Waals surface area contributed by atoms with E-state index in [1.165, 1.54) is 5.38 Å². The number of thiazole rings is 1. The summed E-state index contributed by atoms with van der Waals surface area (Å²) in [5.41, 5.74) is -0.136. The van der Waals surface area contributed by atoms with E-state index in [0.717, 1.165) is 11.3 Å². The van der Waals surface area contributed by atoms with Crippen molar-refractivity contribution >= 4 is 23.2 Å². The minimum atomic E-state index is -1.16. The number of rotatable bonds is 5. The molecule has 0 aliphatic heterocycles. The average molecular weight is 282 g/mol. The summed E-state index contributed by atoms with van der Waals surface area (Å²) in [6.45, 7) is 2.01. The second-order valence-corrected chi connectivity index (χ2v) is 4.44. The van der Waals surface area contributed by atoms with Gasteiger partial charge < -0.3 is 14.9 Å². The van der Waals surface area contributed by atoms with Crippen molar-refractivity contribution in [3.8, 4) is 0 Å². The normalized spacial score (nSPS) is 10.4. The molecule has 0 spiro atoms. The van der Waals surface area contributed by atoms with E-state index in [1.807, 2.05) is 0 Å². The van der Waals surface area contributed by atoms with Gasteiger partial charge in [-0.25, -0.2) is 9.78 Å². The van der Waals surface area contributed by atoms with Gasteiger partial charge in [-0.15, -0.1) is 11.3 Å². The molecule has 100 valence electrons. The number of hydrogen-bond acceptors (Lipinski definition) is 7. The van der Waals surface area contributed by atoms with Gasteiger partial charge >= 0.3 is 5.97 Å². The molecule has 0 saturated heterocycles. The van der Waals surface area contributed by atoms with Crippen LogP contribution < -0.4 is 5.32 Å². The first kappa shape index (κ1) is 13.1. The summed E-state index contributed by atoms with van der Waals surface area (Å²) < 4.78 is 4.88. The van der Waals surface area contributed by atoms with Gasteiger partial charge in [-0.1, -0.05) is 5.16 Å². The Labute approximate surface area is 111 Å². The van der Waals surface area contributed by atoms with Gasteiger partial charge in [0.15, 0.2) is 16.5 Å². The van der Waals surface area contributed by atoms with Gasteiger partial charge in [0.2, 0.25) is 5.89 Å². The molecule has 0 fully saturated rings. The molecule has 2 rings (SSSR count). The Kier molecular flexibility index (Phi) is 3.85. The lowest BCUT2D eigenvalue weighted by atomic mass is 10.4. The van der Waals surface area contributed by atoms with Crippen molar-refractivity contribution in [3.05, 3.63) is 27.8 Å². The van der Waals surface area contributed by atoms with Crippen molar-refractivity contribution in [2.75, 3.05) is 6.54 Å². The Balaban J connectivity index is 1.85. The standard InChI is InChI=1S/C10H10N4O4S/c1-5-12-7(18-14-5)2-3-11-8(15)9-13-6(4-19-9)10(16)17/h4H,2-3H2,1H3,(H,11,15)(H,16,17). The molecular weight excluding hydrogens is 272 g/mol. The zero-order valence-electron chi connectivity index (χ0n) is 9.91. The molecule has 0 aliphatic rings. The highest BCUT2D eigenvalue weighted by molar-refractivity contribution is 7.11. The second kappa shape index (κ2) is 5.57. The van der Waals surface area contributed by atoms with E-state index in [0.29, 0.717) is 24.7 Å². The van der Waals surface area contributed by atoms with Gasteiger partial charge in [0, 0.05) is 18.3 Å². The second-order valence-electron chi connectivity index (χ2n) is 3.58. The smallest absolute Gasteiger partial charge is 0.355 e. The van der Waals surface area contributed by atoms with Crippen molar-refractivity contribution < 1.29 is 19.2 Å². The molecular formula is C10H10N4O4S. The quantitative estimate of drug-likeness (QED) is 0.819. The van der Waals surface area contributed by atoms with Crippen LogP contribution >= 0.6 is 11.3 Å². The minimum Gasteiger partial charge on any atom is -0.476 e. The highest BCUT2D eigenvalue weighted by Gasteiger charge is 2.14. The van der Waals surface area contributed by atoms with E-state index in [-0.39, 0.29) is 10.7 Å². The molecule has 0 atom stereocenters. The summed E-state index contributed by atoms with van der Waals surface area (Å²) in [6.07, 6.45) is 0.406. The van der Waals surface area contributed by atoms with Gasteiger partial charge in [-0.2, -0.15) is 4.98 Å². The van der Waals surface area contributed by atoms with Crippen molar-refractivity contribution in [2.24, 2.45) is 0 Å². The lowest BCUT2D eigenvalue weighted by molar-refractivity contribution is 0.0691. The van der Waals surface area contributed by atoms with Crippen LogP contribution in [0.1, 0.15) is 32.0 Å². The van der Waals surface area contributed by atoms with Crippen molar-refractivity contribution in [3.63, 3.8) is 0 Å². The number of carboxylic acids is 1. The lowest BCUT2D eigenvalue weighted by Gasteiger charge is -1.99. The molecule has 8 nitrogen and oxygen atoms in total. The van der Waals surface area contributed by atoms with Crippen molar-refractivity contribution in [1.82, 2.24) is 20.4 Å². The number of aromatic nitrogens is 3. The van der Waals surface area contributed by atoms with E-state index < -0.39 is 11.9 Å². The molecule has 1 amide bonds. The van der Waals surface area contributed by atoms with Gasteiger partial charge in [0.25, 0.3) is 5.91 Å². The Morgan fingerprint density at radius 2 is 2.26 bits per heavy atom. The molecule has 9 heteroatoms. The van der Waals surface area contributed by atoms with Crippen LogP contribution in [0.4, 0.5) is 0 Å². The molecule has 0 radical (unpaired) electrons. The number of amides is 1. The van der Waals surface area contributed by atoms with Crippen LogP contribution in [-0.2, 0) is 6.42 Å². The van der Waals surface area contributed by atoms with Crippen LogP contribution in [-0.4, -0.2) is 38.7 Å². The van der Waals surface area contributed by atoms with Gasteiger partial charge in [-0.3, -0.25) is 4.79 Å². The maximum atomic E-state index is 11.7. The molecule has 2 aromatic rings. The number of carbonyl (C=O) groups is 2. The molecule has 2 aromatic heterocycles. The SMILES string of the molecule is Cc1noc(CCNC(=O)c2nc(C(=O)O)cs2)n1. The lowest BCUT2D eigenvalue weighted by Crippen LogP contribution is -2.25. The highest BCUT2D eigenvalue weighted by atomic mass is 32.1. The Morgan fingerprint density at radius 1 is 1.47 bits per heavy atom. The predicted molar refractivity (Wildman–Crippen MR) is 64.1 cm³/mol. The van der Waals surface area contributed by atoms with E-state index in [9.17, 15) is 9.59 Å². The van der Waals surface area contributed by atoms with E-state index in [2.05, 4.69) is 20.4 Å². The molecule has 0 unspecified atom stereocenters. The summed E-state index contributed by atoms with van der Waals surface area (Å²) in [5, 5.41) is 16.3. The Hall–Kier alpha value is -2.29. The third-order valence-electron chi connectivity index (χ3n) is 2.11. The Bertz CT molecular complexity index is 606. The minimum absolute atomic E-state index is 0.110. The first-order chi connectivity index (χ1) is 9.06. The fourth-order valence-electron chi connectivity index (χ4n) is 1.28. The van der Waals surface area contributed by atoms with Gasteiger partial charge in [-0.05, 0) is 6.92 Å². The molecule has 0 saturated carbocycles. The zero-order chi connectivity index (χ0) is 13.8. The van der Waals surface area contributed by atoms with Crippen LogP contribution in [0.15, 0.2) is 9.90 Å². The third kappa shape index (κ3) is 3.35. The van der Waals surface area contributed by atoms with Crippen molar-refractivity contribution in [1.29, 1.82) is 0 Å². The fourth-order valence-corrected chi connectivity index (χ4v) is 1.98. The number of carbonyl (C=O) groups excluding carboxylic acids is 1. The molecule has 0 bridgehead atoms. The summed E-state index contributed by atoms with van der Waals surface area (Å²) in [6, 6.07) is 0. The predicted octanol–water partition coefficient (Wildman–Crippen LogP) is 0.505. The number of carboxylic acid groups (broad SMARTS) is 1. The first-order valence-corrected chi connectivity index (χ1v) is 6.20. The summed E-state index contributed by atoms with van der Waals surface area (Å²) in [7, 11) is 0. The van der Waals surface area contributed by atoms with Crippen LogP contribution in [0.2, 0.25) is 0 Å². The molecule has 0 aliphatic carbocycles. The Morgan fingerprint density at radius 3 is 2.84 bits per heavy atom. The monoisotopic (exact) mass is 282 g/mol. The number of hydrogen-bond donors (Lipinski definition) is 2. The van der Waals surface area contributed by atoms with Gasteiger partial charge in [0.05, 0.1) is 0 Å². The largest absolute Gasteiger partial charge is 0.476 e. The molecule has 19 heavy (non-hydrogen) atoms. The highest BCUT2D eigenvalue weighted by Crippen LogP contribution is 2.09. The fraction of sp³-hybridized carbons (Fsp3) is 0.300. The van der Waals surface area contributed by atoms with Crippen LogP contribution in [0, 0.1) is 6.92 Å². The van der Waals surface area contributed by atoms with Gasteiger partial charge in [0.1, 0.15) is 0 Å². The maximum Gasteiger partial charge on any atom is 0.355 e.